The van der Waals surface area contributed by atoms with Gasteiger partial charge in [0.1, 0.15) is 0 Å². The van der Waals surface area contributed by atoms with E-state index in [2.05, 4.69) is 29.4 Å². The van der Waals surface area contributed by atoms with E-state index in [0.717, 1.165) is 26.2 Å². The van der Waals surface area contributed by atoms with E-state index in [1.807, 2.05) is 20.8 Å². The predicted octanol–water partition coefficient (Wildman–Crippen LogP) is 2.05. The number of hydrogen-bond donors (Lipinski definition) is 2. The molecule has 7 heteroatoms. The Hall–Kier alpha value is -0.730. The first kappa shape index (κ1) is 27.3. The van der Waals surface area contributed by atoms with Crippen molar-refractivity contribution in [3.05, 3.63) is 0 Å². The summed E-state index contributed by atoms with van der Waals surface area (Å²) in [5.74, 6) is 0.0543. The van der Waals surface area contributed by atoms with Crippen molar-refractivity contribution >= 4 is 5.91 Å². The van der Waals surface area contributed by atoms with Crippen LogP contribution in [-0.4, -0.2) is 88.7 Å². The normalized spacial score (nSPS) is 15.4. The number of nitrogens with zero attached hydrogens (tertiary/aromatic N) is 1. The number of rotatable bonds is 15. The van der Waals surface area contributed by atoms with E-state index in [9.17, 15) is 4.79 Å². The molecule has 2 N–H and O–H groups in total. The highest BCUT2D eigenvalue weighted by atomic mass is 16.5. The summed E-state index contributed by atoms with van der Waals surface area (Å²) in [5.41, 5.74) is 0. The first-order chi connectivity index (χ1) is 13.6. The third-order valence-corrected chi connectivity index (χ3v) is 4.34. The lowest BCUT2D eigenvalue weighted by Crippen LogP contribution is -2.45. The highest BCUT2D eigenvalue weighted by Gasteiger charge is 2.18. The van der Waals surface area contributed by atoms with Crippen LogP contribution in [-0.2, 0) is 19.0 Å². The van der Waals surface area contributed by atoms with Gasteiger partial charge < -0.3 is 29.7 Å². The molecule has 0 aromatic rings. The Morgan fingerprint density at radius 3 is 2.04 bits per heavy atom. The Bertz CT molecular complexity index is 349. The Labute approximate surface area is 172 Å². The molecule has 1 saturated heterocycles. The Kier molecular flexibility index (Phi) is 19.1. The topological polar surface area (TPSA) is 72.1 Å². The monoisotopic (exact) mass is 403 g/mol. The van der Waals surface area contributed by atoms with Crippen molar-refractivity contribution in [1.29, 1.82) is 0 Å². The molecular formula is C21H45N3O4. The quantitative estimate of drug-likeness (QED) is 0.408. The molecule has 0 radical (unpaired) electrons. The summed E-state index contributed by atoms with van der Waals surface area (Å²) in [6.45, 7) is 17.7. The second kappa shape index (κ2) is 19.6. The molecule has 0 spiro atoms. The van der Waals surface area contributed by atoms with Gasteiger partial charge in [-0.1, -0.05) is 34.6 Å². The van der Waals surface area contributed by atoms with E-state index in [0.29, 0.717) is 58.1 Å². The Balaban J connectivity index is 0.00000352. The van der Waals surface area contributed by atoms with Gasteiger partial charge in [0.25, 0.3) is 0 Å². The van der Waals surface area contributed by atoms with Gasteiger partial charge in [-0.05, 0) is 25.9 Å². The van der Waals surface area contributed by atoms with Gasteiger partial charge in [-0.25, -0.2) is 0 Å². The molecule has 1 rings (SSSR count). The molecule has 1 amide bonds. The fraction of sp³-hybridized carbons (Fsp3) is 0.952. The highest BCUT2D eigenvalue weighted by molar-refractivity contribution is 5.75. The summed E-state index contributed by atoms with van der Waals surface area (Å²) < 4.78 is 16.5. The lowest BCUT2D eigenvalue weighted by Gasteiger charge is -2.33. The van der Waals surface area contributed by atoms with Crippen molar-refractivity contribution in [2.75, 3.05) is 65.8 Å². The Morgan fingerprint density at radius 1 is 0.964 bits per heavy atom. The molecule has 0 unspecified atom stereocenters. The fourth-order valence-electron chi connectivity index (χ4n) is 2.92. The van der Waals surface area contributed by atoms with Gasteiger partial charge in [-0.15, -0.1) is 0 Å². The van der Waals surface area contributed by atoms with Gasteiger partial charge in [0, 0.05) is 31.6 Å². The minimum absolute atomic E-state index is 0.0543. The number of ether oxygens (including phenoxy) is 3. The molecule has 1 aliphatic rings. The number of carbonyl (C=O) groups is 1. The molecule has 1 fully saturated rings. The molecule has 0 saturated carbocycles. The number of hydrogen-bond acceptors (Lipinski definition) is 6. The number of carbonyl (C=O) groups excluding carboxylic acids is 1. The zero-order valence-electron chi connectivity index (χ0n) is 18.9. The first-order valence-corrected chi connectivity index (χ1v) is 11.1. The van der Waals surface area contributed by atoms with Gasteiger partial charge in [0.15, 0.2) is 0 Å². The number of piperidine rings is 1. The molecule has 1 heterocycles. The van der Waals surface area contributed by atoms with Crippen LogP contribution < -0.4 is 10.6 Å². The zero-order valence-corrected chi connectivity index (χ0v) is 18.9. The van der Waals surface area contributed by atoms with Crippen LogP contribution in [0.3, 0.4) is 0 Å². The van der Waals surface area contributed by atoms with Crippen molar-refractivity contribution in [2.24, 2.45) is 0 Å². The first-order valence-electron chi connectivity index (χ1n) is 11.1. The average Bonchev–Trinajstić information content (AvgIpc) is 2.71. The van der Waals surface area contributed by atoms with E-state index >= 15 is 0 Å². The van der Waals surface area contributed by atoms with E-state index in [1.54, 1.807) is 0 Å². The summed E-state index contributed by atoms with van der Waals surface area (Å²) in [4.78, 5) is 13.5. The predicted molar refractivity (Wildman–Crippen MR) is 115 cm³/mol. The molecule has 0 atom stereocenters. The summed E-state index contributed by atoms with van der Waals surface area (Å²) in [5, 5.41) is 6.38. The average molecular weight is 404 g/mol. The van der Waals surface area contributed by atoms with Gasteiger partial charge >= 0.3 is 0 Å². The fourth-order valence-corrected chi connectivity index (χ4v) is 2.92. The van der Waals surface area contributed by atoms with Crippen molar-refractivity contribution in [2.45, 2.75) is 66.0 Å². The van der Waals surface area contributed by atoms with Crippen LogP contribution in [0.2, 0.25) is 0 Å². The minimum atomic E-state index is 0.0543. The SMILES string of the molecule is CC.CCC(=O)NCCOCCOCCOCCN1CCC(NC(C)C)CC1. The molecule has 0 bridgehead atoms. The van der Waals surface area contributed by atoms with Crippen LogP contribution in [0.5, 0.6) is 0 Å². The van der Waals surface area contributed by atoms with Gasteiger partial charge in [0.2, 0.25) is 5.91 Å². The van der Waals surface area contributed by atoms with E-state index in [1.165, 1.54) is 12.8 Å². The Morgan fingerprint density at radius 2 is 1.50 bits per heavy atom. The van der Waals surface area contributed by atoms with E-state index in [4.69, 9.17) is 14.2 Å². The van der Waals surface area contributed by atoms with E-state index in [-0.39, 0.29) is 5.91 Å². The number of nitrogens with one attached hydrogen (secondary N) is 2. The molecular weight excluding hydrogens is 358 g/mol. The van der Waals surface area contributed by atoms with E-state index < -0.39 is 0 Å². The van der Waals surface area contributed by atoms with Gasteiger partial charge in [0.05, 0.1) is 39.6 Å². The minimum Gasteiger partial charge on any atom is -0.378 e. The summed E-state index contributed by atoms with van der Waals surface area (Å²) in [7, 11) is 0. The van der Waals surface area contributed by atoms with Crippen molar-refractivity contribution in [3.63, 3.8) is 0 Å². The van der Waals surface area contributed by atoms with Crippen LogP contribution in [0.15, 0.2) is 0 Å². The van der Waals surface area contributed by atoms with Gasteiger partial charge in [-0.2, -0.15) is 0 Å². The third kappa shape index (κ3) is 16.2. The highest BCUT2D eigenvalue weighted by Crippen LogP contribution is 2.10. The van der Waals surface area contributed by atoms with Crippen LogP contribution >= 0.6 is 0 Å². The van der Waals surface area contributed by atoms with Crippen molar-refractivity contribution < 1.29 is 19.0 Å². The molecule has 168 valence electrons. The number of likely N-dealkylation sites (tertiary alicyclic amines) is 1. The smallest absolute Gasteiger partial charge is 0.219 e. The second-order valence-corrected chi connectivity index (χ2v) is 6.98. The maximum absolute atomic E-state index is 11.0. The molecule has 28 heavy (non-hydrogen) atoms. The number of amides is 1. The molecule has 0 aliphatic carbocycles. The molecule has 0 aromatic heterocycles. The van der Waals surface area contributed by atoms with Crippen LogP contribution in [0.1, 0.15) is 53.9 Å². The standard InChI is InChI=1S/C19H39N3O4.C2H6/c1-4-19(23)20-7-11-24-13-15-26-16-14-25-12-10-22-8-5-18(6-9-22)21-17(2)3;1-2/h17-18,21H,4-16H2,1-3H3,(H,20,23);1-2H3. The molecule has 7 nitrogen and oxygen atoms in total. The van der Waals surface area contributed by atoms with Crippen molar-refractivity contribution in [3.8, 4) is 0 Å². The summed E-state index contributed by atoms with van der Waals surface area (Å²) >= 11 is 0. The summed E-state index contributed by atoms with van der Waals surface area (Å²) in [6.07, 6.45) is 2.96. The second-order valence-electron chi connectivity index (χ2n) is 6.98. The maximum Gasteiger partial charge on any atom is 0.219 e. The van der Waals surface area contributed by atoms with Crippen molar-refractivity contribution in [1.82, 2.24) is 15.5 Å². The largest absolute Gasteiger partial charge is 0.378 e. The lowest BCUT2D eigenvalue weighted by atomic mass is 10.0. The van der Waals surface area contributed by atoms with Crippen LogP contribution in [0.4, 0.5) is 0 Å². The lowest BCUT2D eigenvalue weighted by molar-refractivity contribution is -0.121. The van der Waals surface area contributed by atoms with Crippen LogP contribution in [0.25, 0.3) is 0 Å². The molecule has 1 aliphatic heterocycles. The van der Waals surface area contributed by atoms with Gasteiger partial charge in [-0.3, -0.25) is 4.79 Å². The molecule has 0 aromatic carbocycles. The summed E-state index contributed by atoms with van der Waals surface area (Å²) in [6, 6.07) is 1.24. The zero-order chi connectivity index (χ0) is 21.0. The third-order valence-electron chi connectivity index (χ3n) is 4.34. The maximum atomic E-state index is 11.0. The van der Waals surface area contributed by atoms with Crippen LogP contribution in [0, 0.1) is 0 Å².